The Bertz CT molecular complexity index is 311. The highest BCUT2D eigenvalue weighted by molar-refractivity contribution is 7.27. The summed E-state index contributed by atoms with van der Waals surface area (Å²) in [4.78, 5) is 0. The second-order valence-electron chi connectivity index (χ2n) is 2.82. The summed E-state index contributed by atoms with van der Waals surface area (Å²) >= 11 is 0. The molecule has 0 aliphatic carbocycles. The summed E-state index contributed by atoms with van der Waals surface area (Å²) in [5.41, 5.74) is 0. The molecule has 0 aromatic heterocycles. The van der Waals surface area contributed by atoms with Gasteiger partial charge in [-0.25, -0.2) is 0 Å². The van der Waals surface area contributed by atoms with Crippen LogP contribution in [0.5, 0.6) is 0 Å². The summed E-state index contributed by atoms with van der Waals surface area (Å²) in [6.07, 6.45) is 0. The van der Waals surface area contributed by atoms with Gasteiger partial charge in [0.15, 0.2) is 0 Å². The molecule has 0 nitrogen and oxygen atoms in total. The van der Waals surface area contributed by atoms with Gasteiger partial charge in [0.2, 0.25) is 0 Å². The van der Waals surface area contributed by atoms with Crippen LogP contribution >= 0.6 is 30.9 Å². The van der Waals surface area contributed by atoms with E-state index in [1.165, 1.54) is 10.6 Å². The summed E-state index contributed by atoms with van der Waals surface area (Å²) in [5.74, 6) is 0. The van der Waals surface area contributed by atoms with Crippen LogP contribution in [0.1, 0.15) is 0 Å². The van der Waals surface area contributed by atoms with E-state index < -0.39 is 0 Å². The molecule has 0 saturated carbocycles. The maximum atomic E-state index is 2.63. The smallest absolute Gasteiger partial charge is 0.0303 e. The third kappa shape index (κ3) is 7.51. The second-order valence-corrected chi connectivity index (χ2v) is 4.15. The van der Waals surface area contributed by atoms with Gasteiger partial charge in [0.1, 0.15) is 0 Å². The number of hydrogen-bond acceptors (Lipinski definition) is 0. The molecule has 3 heteroatoms. The van der Waals surface area contributed by atoms with Crippen LogP contribution < -0.4 is 10.6 Å². The average Bonchev–Trinajstić information content (AvgIpc) is 2.21. The van der Waals surface area contributed by atoms with Crippen molar-refractivity contribution in [1.29, 1.82) is 0 Å². The van der Waals surface area contributed by atoms with Gasteiger partial charge in [-0.1, -0.05) is 60.7 Å². The minimum absolute atomic E-state index is 0. The van der Waals surface area contributed by atoms with Gasteiger partial charge in [0.25, 0.3) is 0 Å². The molecule has 0 fully saturated rings. The summed E-state index contributed by atoms with van der Waals surface area (Å²) < 4.78 is 0. The lowest BCUT2D eigenvalue weighted by Crippen LogP contribution is -1.82. The van der Waals surface area contributed by atoms with E-state index in [1.807, 2.05) is 60.7 Å². The summed E-state index contributed by atoms with van der Waals surface area (Å²) in [7, 11) is 5.26. The fourth-order valence-corrected chi connectivity index (χ4v) is 1.35. The fraction of sp³-hybridized carbons (Fsp3) is 0. The molecule has 0 N–H and O–H groups in total. The van der Waals surface area contributed by atoms with Crippen LogP contribution in [-0.4, -0.2) is 0 Å². The van der Waals surface area contributed by atoms with E-state index in [2.05, 4.69) is 18.5 Å². The number of halogens is 1. The fourth-order valence-electron chi connectivity index (χ4n) is 0.906. The Kier molecular flexibility index (Phi) is 8.62. The molecule has 15 heavy (non-hydrogen) atoms. The molecular weight excluding hydrogens is 242 g/mol. The number of benzene rings is 2. The highest BCUT2D eigenvalue weighted by atomic mass is 35.5. The normalized spacial score (nSPS) is 8.13. The molecule has 0 spiro atoms. The van der Waals surface area contributed by atoms with Gasteiger partial charge in [-0.3, -0.25) is 0 Å². The zero-order valence-corrected chi connectivity index (χ0v) is 11.5. The lowest BCUT2D eigenvalue weighted by molar-refractivity contribution is 1.78. The average molecular weight is 257 g/mol. The molecule has 80 valence electrons. The predicted octanol–water partition coefficient (Wildman–Crippen LogP) is 2.80. The predicted molar refractivity (Wildman–Crippen MR) is 78.8 cm³/mol. The Balaban J connectivity index is 0.000000245. The molecule has 0 bridgehead atoms. The van der Waals surface area contributed by atoms with Crippen molar-refractivity contribution in [3.63, 3.8) is 0 Å². The van der Waals surface area contributed by atoms with Crippen LogP contribution in [0.4, 0.5) is 0 Å². The summed E-state index contributed by atoms with van der Waals surface area (Å²) in [6.45, 7) is 0. The van der Waals surface area contributed by atoms with E-state index in [0.717, 1.165) is 0 Å². The molecule has 2 atom stereocenters. The number of rotatable bonds is 0. The zero-order chi connectivity index (χ0) is 10.2. The molecule has 2 aromatic carbocycles. The largest absolute Gasteiger partial charge is 0.147 e. The Morgan fingerprint density at radius 3 is 0.933 bits per heavy atom. The van der Waals surface area contributed by atoms with Crippen molar-refractivity contribution < 1.29 is 0 Å². The van der Waals surface area contributed by atoms with Crippen LogP contribution in [0.15, 0.2) is 60.7 Å². The van der Waals surface area contributed by atoms with Gasteiger partial charge in [-0.15, -0.1) is 30.9 Å². The van der Waals surface area contributed by atoms with Gasteiger partial charge in [0.05, 0.1) is 0 Å². The quantitative estimate of drug-likeness (QED) is 0.636. The van der Waals surface area contributed by atoms with Crippen LogP contribution in [0.3, 0.4) is 0 Å². The molecule has 0 saturated heterocycles. The standard InChI is InChI=1S/2C6H7P.ClH/c2*7-6-4-2-1-3-5-6;/h2*1-5H,7H2;1H. The van der Waals surface area contributed by atoms with Gasteiger partial charge in [0, 0.05) is 0 Å². The molecule has 0 aliphatic heterocycles. The third-order valence-corrected chi connectivity index (χ3v) is 2.37. The van der Waals surface area contributed by atoms with Crippen molar-refractivity contribution in [1.82, 2.24) is 0 Å². The van der Waals surface area contributed by atoms with Crippen molar-refractivity contribution in [3.8, 4) is 0 Å². The Morgan fingerprint density at radius 1 is 0.533 bits per heavy atom. The molecule has 2 unspecified atom stereocenters. The Morgan fingerprint density at radius 2 is 0.800 bits per heavy atom. The molecular formula is C12H15ClP2. The molecule has 0 aliphatic rings. The van der Waals surface area contributed by atoms with E-state index in [4.69, 9.17) is 0 Å². The first kappa shape index (κ1) is 14.6. The van der Waals surface area contributed by atoms with Crippen molar-refractivity contribution in [3.05, 3.63) is 60.7 Å². The lowest BCUT2D eigenvalue weighted by atomic mass is 10.4. The SMILES string of the molecule is Cl.Pc1ccccc1.Pc1ccccc1. The molecule has 0 heterocycles. The Labute approximate surface area is 102 Å². The highest BCUT2D eigenvalue weighted by Crippen LogP contribution is 1.86. The van der Waals surface area contributed by atoms with E-state index in [1.54, 1.807) is 0 Å². The van der Waals surface area contributed by atoms with Crippen LogP contribution in [0, 0.1) is 0 Å². The first-order valence-corrected chi connectivity index (χ1v) is 5.55. The lowest BCUT2D eigenvalue weighted by Gasteiger charge is -1.82. The van der Waals surface area contributed by atoms with Crippen LogP contribution in [0.25, 0.3) is 0 Å². The highest BCUT2D eigenvalue weighted by Gasteiger charge is 1.72. The Hall–Kier alpha value is -0.410. The van der Waals surface area contributed by atoms with Crippen molar-refractivity contribution in [2.75, 3.05) is 0 Å². The monoisotopic (exact) mass is 256 g/mol. The van der Waals surface area contributed by atoms with Gasteiger partial charge in [-0.2, -0.15) is 0 Å². The van der Waals surface area contributed by atoms with Crippen LogP contribution in [-0.2, 0) is 0 Å². The van der Waals surface area contributed by atoms with E-state index in [-0.39, 0.29) is 12.4 Å². The summed E-state index contributed by atoms with van der Waals surface area (Å²) in [6, 6.07) is 20.3. The van der Waals surface area contributed by atoms with Crippen molar-refractivity contribution in [2.45, 2.75) is 0 Å². The maximum Gasteiger partial charge on any atom is -0.0303 e. The third-order valence-electron chi connectivity index (χ3n) is 1.60. The first-order valence-electron chi connectivity index (χ1n) is 4.40. The number of hydrogen-bond donors (Lipinski definition) is 0. The molecule has 0 amide bonds. The van der Waals surface area contributed by atoms with E-state index >= 15 is 0 Å². The first-order chi connectivity index (χ1) is 6.79. The van der Waals surface area contributed by atoms with Crippen molar-refractivity contribution in [2.24, 2.45) is 0 Å². The van der Waals surface area contributed by atoms with E-state index in [9.17, 15) is 0 Å². The van der Waals surface area contributed by atoms with Crippen molar-refractivity contribution >= 4 is 41.5 Å². The van der Waals surface area contributed by atoms with Crippen LogP contribution in [0.2, 0.25) is 0 Å². The van der Waals surface area contributed by atoms with Gasteiger partial charge >= 0.3 is 0 Å². The topological polar surface area (TPSA) is 0 Å². The maximum absolute atomic E-state index is 2.63. The van der Waals surface area contributed by atoms with Gasteiger partial charge in [-0.05, 0) is 10.6 Å². The minimum Gasteiger partial charge on any atom is -0.147 e. The summed E-state index contributed by atoms with van der Waals surface area (Å²) in [5, 5.41) is 2.48. The zero-order valence-electron chi connectivity index (χ0n) is 8.34. The second kappa shape index (κ2) is 8.86. The van der Waals surface area contributed by atoms with E-state index in [0.29, 0.717) is 0 Å². The molecule has 2 rings (SSSR count). The molecule has 2 aromatic rings. The molecule has 0 radical (unpaired) electrons. The van der Waals surface area contributed by atoms with Gasteiger partial charge < -0.3 is 0 Å². The minimum atomic E-state index is 0.